The summed E-state index contributed by atoms with van der Waals surface area (Å²) in [5, 5.41) is 3.97. The van der Waals surface area contributed by atoms with E-state index in [1.54, 1.807) is 23.1 Å². The minimum atomic E-state index is -0.112. The summed E-state index contributed by atoms with van der Waals surface area (Å²) >= 11 is 11.9. The second kappa shape index (κ2) is 6.44. The highest BCUT2D eigenvalue weighted by molar-refractivity contribution is 6.36. The molecule has 0 atom stereocenters. The standard InChI is InChI=1S/C15H17Cl2N3O2/c16-11-1-2-12(13(17)7-11)15(22)20-5-3-19(4-6-20)14(21)10-8-18-9-10/h1-2,7,10,18H,3-6,8-9H2. The first kappa shape index (κ1) is 15.6. The van der Waals surface area contributed by atoms with Crippen molar-refractivity contribution in [2.75, 3.05) is 39.3 Å². The van der Waals surface area contributed by atoms with E-state index in [1.807, 2.05) is 4.90 Å². The molecule has 2 aliphatic rings. The van der Waals surface area contributed by atoms with Crippen LogP contribution >= 0.6 is 23.2 Å². The molecule has 2 amide bonds. The van der Waals surface area contributed by atoms with E-state index >= 15 is 0 Å². The Balaban J connectivity index is 1.60. The first-order valence-electron chi connectivity index (χ1n) is 7.30. The van der Waals surface area contributed by atoms with Crippen molar-refractivity contribution in [2.24, 2.45) is 5.92 Å². The van der Waals surface area contributed by atoms with Gasteiger partial charge in [0.25, 0.3) is 5.91 Å². The summed E-state index contributed by atoms with van der Waals surface area (Å²) in [4.78, 5) is 28.2. The fraction of sp³-hybridized carbons (Fsp3) is 0.467. The summed E-state index contributed by atoms with van der Waals surface area (Å²) in [6.07, 6.45) is 0. The van der Waals surface area contributed by atoms with Gasteiger partial charge in [-0.1, -0.05) is 23.2 Å². The van der Waals surface area contributed by atoms with Crippen molar-refractivity contribution in [3.8, 4) is 0 Å². The zero-order valence-electron chi connectivity index (χ0n) is 12.0. The Bertz CT molecular complexity index is 596. The number of nitrogens with one attached hydrogen (secondary N) is 1. The summed E-state index contributed by atoms with van der Waals surface area (Å²) in [7, 11) is 0. The van der Waals surface area contributed by atoms with E-state index in [1.165, 1.54) is 0 Å². The normalized spacial score (nSPS) is 19.0. The maximum absolute atomic E-state index is 12.5. The van der Waals surface area contributed by atoms with Crippen molar-refractivity contribution < 1.29 is 9.59 Å². The molecule has 0 radical (unpaired) electrons. The summed E-state index contributed by atoms with van der Waals surface area (Å²) < 4.78 is 0. The average molecular weight is 342 g/mol. The monoisotopic (exact) mass is 341 g/mol. The highest BCUT2D eigenvalue weighted by Gasteiger charge is 2.32. The molecule has 0 saturated carbocycles. The van der Waals surface area contributed by atoms with Gasteiger partial charge in [-0.15, -0.1) is 0 Å². The van der Waals surface area contributed by atoms with Gasteiger partial charge in [0, 0.05) is 44.3 Å². The van der Waals surface area contributed by atoms with Gasteiger partial charge in [-0.2, -0.15) is 0 Å². The maximum Gasteiger partial charge on any atom is 0.255 e. The predicted octanol–water partition coefficient (Wildman–Crippen LogP) is 1.50. The smallest absolute Gasteiger partial charge is 0.255 e. The van der Waals surface area contributed by atoms with Crippen LogP contribution in [0.5, 0.6) is 0 Å². The lowest BCUT2D eigenvalue weighted by Crippen LogP contribution is -2.57. The number of benzene rings is 1. The van der Waals surface area contributed by atoms with Crippen LogP contribution in [0.15, 0.2) is 18.2 Å². The molecule has 7 heteroatoms. The van der Waals surface area contributed by atoms with Gasteiger partial charge in [0.1, 0.15) is 0 Å². The molecule has 3 rings (SSSR count). The summed E-state index contributed by atoms with van der Waals surface area (Å²) in [5.41, 5.74) is 0.453. The van der Waals surface area contributed by atoms with Gasteiger partial charge in [-0.3, -0.25) is 9.59 Å². The fourth-order valence-electron chi connectivity index (χ4n) is 2.68. The lowest BCUT2D eigenvalue weighted by molar-refractivity contribution is -0.138. The van der Waals surface area contributed by atoms with Crippen LogP contribution in [0.1, 0.15) is 10.4 Å². The van der Waals surface area contributed by atoms with Crippen LogP contribution in [-0.4, -0.2) is 60.9 Å². The van der Waals surface area contributed by atoms with Gasteiger partial charge in [0.15, 0.2) is 0 Å². The number of nitrogens with zero attached hydrogens (tertiary/aromatic N) is 2. The SMILES string of the molecule is O=C(c1ccc(Cl)cc1Cl)N1CCN(C(=O)C2CNC2)CC1. The Labute approximate surface area is 139 Å². The number of hydrogen-bond donors (Lipinski definition) is 1. The van der Waals surface area contributed by atoms with Crippen LogP contribution in [0.3, 0.4) is 0 Å². The Morgan fingerprint density at radius 1 is 1.05 bits per heavy atom. The van der Waals surface area contributed by atoms with Crippen LogP contribution in [0.25, 0.3) is 0 Å². The van der Waals surface area contributed by atoms with E-state index in [0.717, 1.165) is 13.1 Å². The quantitative estimate of drug-likeness (QED) is 0.886. The first-order valence-corrected chi connectivity index (χ1v) is 8.05. The van der Waals surface area contributed by atoms with Gasteiger partial charge in [0.2, 0.25) is 5.91 Å². The third kappa shape index (κ3) is 3.07. The topological polar surface area (TPSA) is 52.7 Å². The number of piperazine rings is 1. The van der Waals surface area contributed by atoms with E-state index in [9.17, 15) is 9.59 Å². The number of carbonyl (C=O) groups is 2. The fourth-order valence-corrected chi connectivity index (χ4v) is 3.17. The molecule has 2 aliphatic heterocycles. The van der Waals surface area contributed by atoms with E-state index < -0.39 is 0 Å². The van der Waals surface area contributed by atoms with Crippen molar-refractivity contribution in [1.29, 1.82) is 0 Å². The van der Waals surface area contributed by atoms with Crippen LogP contribution < -0.4 is 5.32 Å². The molecule has 2 saturated heterocycles. The maximum atomic E-state index is 12.5. The Morgan fingerprint density at radius 3 is 2.23 bits per heavy atom. The van der Waals surface area contributed by atoms with Crippen LogP contribution in [0.4, 0.5) is 0 Å². The second-order valence-corrected chi connectivity index (χ2v) is 6.44. The molecule has 1 aromatic rings. The van der Waals surface area contributed by atoms with E-state index in [-0.39, 0.29) is 17.7 Å². The number of amides is 2. The zero-order valence-corrected chi connectivity index (χ0v) is 13.5. The minimum Gasteiger partial charge on any atom is -0.339 e. The average Bonchev–Trinajstić information content (AvgIpc) is 2.45. The molecule has 2 heterocycles. The third-order valence-corrected chi connectivity index (χ3v) is 4.72. The van der Waals surface area contributed by atoms with Crippen molar-refractivity contribution in [3.05, 3.63) is 33.8 Å². The van der Waals surface area contributed by atoms with Crippen molar-refractivity contribution in [3.63, 3.8) is 0 Å². The van der Waals surface area contributed by atoms with E-state index in [2.05, 4.69) is 5.32 Å². The van der Waals surface area contributed by atoms with Gasteiger partial charge in [-0.05, 0) is 18.2 Å². The highest BCUT2D eigenvalue weighted by Crippen LogP contribution is 2.23. The molecule has 0 aromatic heterocycles. The van der Waals surface area contributed by atoms with Crippen LogP contribution in [-0.2, 0) is 4.79 Å². The van der Waals surface area contributed by atoms with Gasteiger partial charge in [-0.25, -0.2) is 0 Å². The molecule has 22 heavy (non-hydrogen) atoms. The van der Waals surface area contributed by atoms with Crippen LogP contribution in [0, 0.1) is 5.92 Å². The third-order valence-electron chi connectivity index (χ3n) is 4.17. The first-order chi connectivity index (χ1) is 10.6. The molecule has 5 nitrogen and oxygen atoms in total. The molecular weight excluding hydrogens is 325 g/mol. The minimum absolute atomic E-state index is 0.105. The summed E-state index contributed by atoms with van der Waals surface area (Å²) in [6, 6.07) is 4.87. The zero-order chi connectivity index (χ0) is 15.7. The molecule has 0 unspecified atom stereocenters. The van der Waals surface area contributed by atoms with Crippen molar-refractivity contribution >= 4 is 35.0 Å². The number of halogens is 2. The summed E-state index contributed by atoms with van der Waals surface area (Å²) in [6.45, 7) is 3.74. The molecule has 0 bridgehead atoms. The number of hydrogen-bond acceptors (Lipinski definition) is 3. The van der Waals surface area contributed by atoms with Gasteiger partial charge >= 0.3 is 0 Å². The molecule has 118 valence electrons. The number of carbonyl (C=O) groups excluding carboxylic acids is 2. The summed E-state index contributed by atoms with van der Waals surface area (Å²) in [5.74, 6) is 0.183. The Hall–Kier alpha value is -1.30. The number of rotatable bonds is 2. The van der Waals surface area contributed by atoms with E-state index in [4.69, 9.17) is 23.2 Å². The molecule has 1 aromatic carbocycles. The molecule has 1 N–H and O–H groups in total. The van der Waals surface area contributed by atoms with Crippen LogP contribution in [0.2, 0.25) is 10.0 Å². The lowest BCUT2D eigenvalue weighted by Gasteiger charge is -2.38. The second-order valence-electron chi connectivity index (χ2n) is 5.60. The largest absolute Gasteiger partial charge is 0.339 e. The van der Waals surface area contributed by atoms with Gasteiger partial charge in [0.05, 0.1) is 16.5 Å². The van der Waals surface area contributed by atoms with Crippen molar-refractivity contribution in [1.82, 2.24) is 15.1 Å². The molecule has 0 spiro atoms. The molecule has 2 fully saturated rings. The molecule has 0 aliphatic carbocycles. The van der Waals surface area contributed by atoms with E-state index in [0.29, 0.717) is 41.8 Å². The molecular formula is C15H17Cl2N3O2. The van der Waals surface area contributed by atoms with Crippen molar-refractivity contribution in [2.45, 2.75) is 0 Å². The lowest BCUT2D eigenvalue weighted by atomic mass is 10.0. The Kier molecular flexibility index (Phi) is 4.57. The Morgan fingerprint density at radius 2 is 1.68 bits per heavy atom. The predicted molar refractivity (Wildman–Crippen MR) is 85.3 cm³/mol. The highest BCUT2D eigenvalue weighted by atomic mass is 35.5. The van der Waals surface area contributed by atoms with Gasteiger partial charge < -0.3 is 15.1 Å².